The summed E-state index contributed by atoms with van der Waals surface area (Å²) >= 11 is 2.00. The highest BCUT2D eigenvalue weighted by Gasteiger charge is 2.62. The van der Waals surface area contributed by atoms with E-state index in [1.54, 1.807) is 60.7 Å². The fourth-order valence-electron chi connectivity index (χ4n) is 11.0. The number of nitrogens with two attached hydrogens (primary N) is 2. The molecule has 87 heavy (non-hydrogen) atoms. The number of carbonyl (C=O) groups is 4. The van der Waals surface area contributed by atoms with Gasteiger partial charge >= 0.3 is 18.3 Å². The van der Waals surface area contributed by atoms with Crippen molar-refractivity contribution in [3.8, 4) is 22.5 Å². The number of amides is 1. The lowest BCUT2D eigenvalue weighted by atomic mass is 9.61. The molecule has 0 radical (unpaired) electrons. The van der Waals surface area contributed by atoms with E-state index in [9.17, 15) is 63.1 Å². The van der Waals surface area contributed by atoms with Crippen LogP contribution in [0, 0.1) is 10.8 Å². The normalized spacial score (nSPS) is 17.0. The summed E-state index contributed by atoms with van der Waals surface area (Å²) in [4.78, 5) is 67.4. The highest BCUT2D eigenvalue weighted by atomic mass is 32.1. The Morgan fingerprint density at radius 3 is 1.36 bits per heavy atom. The van der Waals surface area contributed by atoms with Crippen LogP contribution >= 0.6 is 22.7 Å². The molecular weight excluding hydrogens is 1190 g/mol. The third-order valence-corrected chi connectivity index (χ3v) is 17.7. The Balaban J connectivity index is 0.000000170. The summed E-state index contributed by atoms with van der Waals surface area (Å²) in [6.45, 7) is 2.14. The van der Waals surface area contributed by atoms with Crippen molar-refractivity contribution in [3.63, 3.8) is 0 Å². The summed E-state index contributed by atoms with van der Waals surface area (Å²) in [5.41, 5.74) is 11.5. The van der Waals surface area contributed by atoms with Crippen molar-refractivity contribution in [2.75, 3.05) is 37.6 Å². The van der Waals surface area contributed by atoms with Gasteiger partial charge in [-0.05, 0) is 144 Å². The minimum atomic E-state index is -4.62. The van der Waals surface area contributed by atoms with Gasteiger partial charge in [-0.2, -0.15) is 26.3 Å². The number of benzene rings is 2. The molecule has 2 aromatic carbocycles. The summed E-state index contributed by atoms with van der Waals surface area (Å²) in [5.74, 6) is -6.13. The average Bonchev–Trinajstić information content (AvgIpc) is 1.43. The fourth-order valence-corrected chi connectivity index (χ4v) is 13.3. The number of ketones is 2. The fraction of sp³-hybridized carbons (Fsp3) is 0.290. The molecule has 452 valence electrons. The number of fused-ring (bicyclic) bond motifs is 2. The Bertz CT molecular complexity index is 3950. The number of hydrogen-bond donors (Lipinski definition) is 4. The van der Waals surface area contributed by atoms with Crippen molar-refractivity contribution in [2.45, 2.75) is 75.6 Å². The highest BCUT2D eigenvalue weighted by molar-refractivity contribution is 7.19. The number of anilines is 2. The third kappa shape index (κ3) is 14.7. The maximum absolute atomic E-state index is 14.1. The Morgan fingerprint density at radius 1 is 0.575 bits per heavy atom. The molecule has 2 saturated carbocycles. The molecule has 13 nitrogen and oxygen atoms in total. The highest BCUT2D eigenvalue weighted by Crippen LogP contribution is 2.57. The SMILES string of the molecule is FC1(F)CC2(CNC2)C1.Nc1ccc(/C=C/C(=O)CCc2cc3cc(-c4ccc(C(=O)N5CC6(C5)CC(F)(F)C6)cn4)cc(C(F)(F)F)c3s2)cn1.Nc1ccc(/C=C/C(=O)CCc2cc3cc(-c4ccc(C(=O)O)cn4)cc(C(F)(F)F)c3s2)cn1. The number of aromatic carboxylic acids is 1. The van der Waals surface area contributed by atoms with Crippen molar-refractivity contribution in [2.24, 2.45) is 10.8 Å². The number of hydrogen-bond acceptors (Lipinski definition) is 13. The minimum absolute atomic E-state index is 0.0174. The summed E-state index contributed by atoms with van der Waals surface area (Å²) in [7, 11) is 0. The zero-order valence-corrected chi connectivity index (χ0v) is 47.4. The van der Waals surface area contributed by atoms with Gasteiger partial charge in [-0.25, -0.2) is 32.3 Å². The molecule has 2 aliphatic heterocycles. The molecule has 0 atom stereocenters. The number of carboxylic acid groups (broad SMARTS) is 1. The van der Waals surface area contributed by atoms with E-state index in [-0.39, 0.29) is 124 Å². The number of rotatable bonds is 14. The van der Waals surface area contributed by atoms with E-state index < -0.39 is 46.7 Å². The second-order valence-corrected chi connectivity index (χ2v) is 24.6. The number of aryl methyl sites for hydroxylation is 2. The first-order valence-corrected chi connectivity index (χ1v) is 28.7. The van der Waals surface area contributed by atoms with Gasteiger partial charge < -0.3 is 26.8 Å². The van der Waals surface area contributed by atoms with Crippen LogP contribution in [0.25, 0.3) is 54.8 Å². The largest absolute Gasteiger partial charge is 0.478 e. The summed E-state index contributed by atoms with van der Waals surface area (Å²) in [6, 6.07) is 20.9. The van der Waals surface area contributed by atoms with Crippen LogP contribution in [0.2, 0.25) is 0 Å². The molecule has 4 aliphatic rings. The van der Waals surface area contributed by atoms with Crippen molar-refractivity contribution < 1.29 is 68.2 Å². The molecule has 0 unspecified atom stereocenters. The molecular formula is C62H52F10N8O5S2. The molecule has 8 heterocycles. The zero-order chi connectivity index (χ0) is 62.3. The van der Waals surface area contributed by atoms with Gasteiger partial charge in [-0.1, -0.05) is 0 Å². The number of thiophene rings is 2. The quantitative estimate of drug-likeness (QED) is 0.0592. The number of likely N-dealkylation sites (tertiary alicyclic amines) is 1. The summed E-state index contributed by atoms with van der Waals surface area (Å²) < 4.78 is 135. The Hall–Kier alpha value is -8.42. The van der Waals surface area contributed by atoms with E-state index in [4.69, 9.17) is 16.6 Å². The van der Waals surface area contributed by atoms with Crippen LogP contribution in [-0.2, 0) is 34.8 Å². The van der Waals surface area contributed by atoms with Gasteiger partial charge in [-0.15, -0.1) is 22.7 Å². The lowest BCUT2D eigenvalue weighted by molar-refractivity contribution is -0.203. The van der Waals surface area contributed by atoms with Crippen LogP contribution < -0.4 is 16.8 Å². The molecule has 12 rings (SSSR count). The number of nitrogens with one attached hydrogen (secondary N) is 1. The molecule has 1 amide bonds. The second-order valence-electron chi connectivity index (χ2n) is 22.3. The van der Waals surface area contributed by atoms with Crippen LogP contribution in [0.3, 0.4) is 0 Å². The van der Waals surface area contributed by atoms with Crippen LogP contribution in [0.1, 0.15) is 91.2 Å². The Labute approximate surface area is 497 Å². The molecule has 0 bridgehead atoms. The molecule has 6 aromatic heterocycles. The number of carboxylic acids is 1. The molecule has 8 aromatic rings. The van der Waals surface area contributed by atoms with Crippen molar-refractivity contribution >= 4 is 90.1 Å². The van der Waals surface area contributed by atoms with E-state index in [1.807, 2.05) is 0 Å². The van der Waals surface area contributed by atoms with Crippen molar-refractivity contribution in [1.82, 2.24) is 30.2 Å². The number of alkyl halides is 10. The Kier molecular flexibility index (Phi) is 17.0. The topological polar surface area (TPSA) is 207 Å². The van der Waals surface area contributed by atoms with Gasteiger partial charge in [0.15, 0.2) is 11.6 Å². The number of allylic oxidation sites excluding steroid dienone is 2. The molecule has 6 N–H and O–H groups in total. The van der Waals surface area contributed by atoms with Gasteiger partial charge in [0.25, 0.3) is 5.91 Å². The zero-order valence-electron chi connectivity index (χ0n) is 45.8. The van der Waals surface area contributed by atoms with E-state index >= 15 is 0 Å². The number of nitrogens with zero attached hydrogens (tertiary/aromatic N) is 5. The van der Waals surface area contributed by atoms with E-state index in [0.717, 1.165) is 54.1 Å². The van der Waals surface area contributed by atoms with Gasteiger partial charge in [0.05, 0.1) is 33.6 Å². The van der Waals surface area contributed by atoms with Crippen LogP contribution in [0.15, 0.2) is 122 Å². The van der Waals surface area contributed by atoms with Crippen LogP contribution in [-0.4, -0.2) is 91.4 Å². The average molecular weight is 1240 g/mol. The lowest BCUT2D eigenvalue weighted by Crippen LogP contribution is -2.66. The maximum atomic E-state index is 14.1. The van der Waals surface area contributed by atoms with E-state index in [2.05, 4.69) is 25.3 Å². The lowest BCUT2D eigenvalue weighted by Gasteiger charge is -2.58. The first kappa shape index (κ1) is 61.7. The molecule has 2 spiro atoms. The molecule has 2 saturated heterocycles. The molecule has 2 aliphatic carbocycles. The standard InChI is InChI=1S/C31H25F5N4O2S.C25H18F3N3O3S.C6H9F2N/c32-30(33)14-29(15-30)16-40(17-29)28(42)19-3-7-25(38-13-19)20-9-21-10-23(43-27(21)24(11-20)31(34,35)36)6-5-22(41)4-1-18-2-8-26(37)39-12-18;26-25(27,28)20-11-16(21-7-3-15(13-30-21)24(33)34)9-17-10-19(35-23(17)20)6-5-18(32)4-1-14-2-8-22(29)31-12-14;7-6(8)1-5(2-6)3-9-4-5/h1-4,7-13H,5-6,14-17H2,(H2,37,39);1-4,7-13H,5-6H2,(H2,29,31)(H,33,34);9H,1-4H2/b2*4-1+;. The molecule has 25 heteroatoms. The number of aromatic nitrogens is 4. The van der Waals surface area contributed by atoms with E-state index in [1.165, 1.54) is 59.9 Å². The first-order valence-electron chi connectivity index (χ1n) is 27.1. The van der Waals surface area contributed by atoms with Gasteiger partial charge in [0.2, 0.25) is 11.8 Å². The van der Waals surface area contributed by atoms with Crippen molar-refractivity contribution in [3.05, 3.63) is 165 Å². The number of carbonyl (C=O) groups excluding carboxylic acids is 3. The van der Waals surface area contributed by atoms with Crippen LogP contribution in [0.5, 0.6) is 0 Å². The predicted octanol–water partition coefficient (Wildman–Crippen LogP) is 13.9. The number of nitrogen functional groups attached to an aromatic ring is 2. The predicted molar refractivity (Wildman–Crippen MR) is 311 cm³/mol. The van der Waals surface area contributed by atoms with E-state index in [0.29, 0.717) is 49.7 Å². The van der Waals surface area contributed by atoms with Gasteiger partial charge in [0.1, 0.15) is 11.6 Å². The monoisotopic (exact) mass is 1240 g/mol. The van der Waals surface area contributed by atoms with Gasteiger partial charge in [0, 0.05) is 131 Å². The summed E-state index contributed by atoms with van der Waals surface area (Å²) in [6.07, 6.45) is 2.92. The molecule has 4 fully saturated rings. The third-order valence-electron chi connectivity index (χ3n) is 15.2. The minimum Gasteiger partial charge on any atom is -0.478 e. The number of halogens is 10. The maximum Gasteiger partial charge on any atom is 0.417 e. The smallest absolute Gasteiger partial charge is 0.417 e. The summed E-state index contributed by atoms with van der Waals surface area (Å²) in [5, 5.41) is 12.8. The second kappa shape index (κ2) is 24.0. The first-order chi connectivity index (χ1) is 41.0. The Morgan fingerprint density at radius 2 is 1.01 bits per heavy atom. The number of pyridine rings is 4. The van der Waals surface area contributed by atoms with Gasteiger partial charge in [-0.3, -0.25) is 24.4 Å². The van der Waals surface area contributed by atoms with Crippen molar-refractivity contribution in [1.29, 1.82) is 0 Å². The van der Waals surface area contributed by atoms with Crippen LogP contribution in [0.4, 0.5) is 55.5 Å².